The molecule has 1 aliphatic heterocycles. The number of benzene rings is 1. The average molecular weight is 258 g/mol. The Morgan fingerprint density at radius 1 is 1.37 bits per heavy atom. The minimum Gasteiger partial charge on any atom is -0.380 e. The van der Waals surface area contributed by atoms with Gasteiger partial charge >= 0.3 is 0 Å². The van der Waals surface area contributed by atoms with Crippen molar-refractivity contribution in [2.75, 3.05) is 11.9 Å². The number of hydrogen-bond acceptors (Lipinski definition) is 4. The lowest BCUT2D eigenvalue weighted by atomic mass is 10.0. The predicted octanol–water partition coefficient (Wildman–Crippen LogP) is 2.25. The first-order valence-corrected chi connectivity index (χ1v) is 6.65. The highest BCUT2D eigenvalue weighted by molar-refractivity contribution is 5.60. The number of aromatic nitrogens is 3. The number of anilines is 1. The van der Waals surface area contributed by atoms with Crippen LogP contribution in [0.15, 0.2) is 36.9 Å². The van der Waals surface area contributed by atoms with E-state index in [1.54, 1.807) is 17.3 Å². The highest BCUT2D eigenvalue weighted by Crippen LogP contribution is 2.23. The van der Waals surface area contributed by atoms with Crippen molar-refractivity contribution in [1.29, 1.82) is 0 Å². The maximum Gasteiger partial charge on any atom is 0.138 e. The Morgan fingerprint density at radius 3 is 3.05 bits per heavy atom. The Hall–Kier alpha value is -1.88. The van der Waals surface area contributed by atoms with Crippen LogP contribution in [-0.4, -0.2) is 33.5 Å². The van der Waals surface area contributed by atoms with Gasteiger partial charge in [0.1, 0.15) is 12.7 Å². The molecule has 1 fully saturated rings. The van der Waals surface area contributed by atoms with E-state index in [1.165, 1.54) is 0 Å². The number of hydrogen-bond donors (Lipinski definition) is 1. The molecular formula is C14H18N4O. The van der Waals surface area contributed by atoms with Crippen LogP contribution in [0.25, 0.3) is 5.69 Å². The summed E-state index contributed by atoms with van der Waals surface area (Å²) in [6.45, 7) is 2.95. The van der Waals surface area contributed by atoms with Gasteiger partial charge in [-0.05, 0) is 31.9 Å². The first kappa shape index (κ1) is 12.2. The van der Waals surface area contributed by atoms with Crippen molar-refractivity contribution in [2.24, 2.45) is 0 Å². The van der Waals surface area contributed by atoms with Crippen molar-refractivity contribution in [3.05, 3.63) is 36.9 Å². The molecule has 100 valence electrons. The van der Waals surface area contributed by atoms with Gasteiger partial charge in [-0.25, -0.2) is 9.67 Å². The van der Waals surface area contributed by atoms with Gasteiger partial charge < -0.3 is 10.1 Å². The molecule has 0 radical (unpaired) electrons. The standard InChI is InChI=1S/C14H18N4O/c1-11-8-12(6-7-19-11)17-13-4-2-3-5-14(13)18-10-15-9-16-18/h2-5,9-12,17H,6-8H2,1H3. The second-order valence-electron chi connectivity index (χ2n) is 4.90. The predicted molar refractivity (Wildman–Crippen MR) is 73.4 cm³/mol. The van der Waals surface area contributed by atoms with E-state index < -0.39 is 0 Å². The van der Waals surface area contributed by atoms with Crippen molar-refractivity contribution in [1.82, 2.24) is 14.8 Å². The molecule has 2 unspecified atom stereocenters. The smallest absolute Gasteiger partial charge is 0.138 e. The van der Waals surface area contributed by atoms with Gasteiger partial charge in [0.05, 0.1) is 17.5 Å². The van der Waals surface area contributed by atoms with E-state index >= 15 is 0 Å². The van der Waals surface area contributed by atoms with E-state index in [9.17, 15) is 0 Å². The van der Waals surface area contributed by atoms with E-state index in [0.717, 1.165) is 30.8 Å². The van der Waals surface area contributed by atoms with E-state index in [1.807, 2.05) is 18.2 Å². The molecule has 5 nitrogen and oxygen atoms in total. The molecule has 0 spiro atoms. The molecule has 0 bridgehead atoms. The fourth-order valence-electron chi connectivity index (χ4n) is 2.48. The summed E-state index contributed by atoms with van der Waals surface area (Å²) in [5, 5.41) is 7.80. The summed E-state index contributed by atoms with van der Waals surface area (Å²) in [6, 6.07) is 8.62. The Labute approximate surface area is 112 Å². The van der Waals surface area contributed by atoms with Crippen LogP contribution in [0.2, 0.25) is 0 Å². The molecular weight excluding hydrogens is 240 g/mol. The third kappa shape index (κ3) is 2.76. The van der Waals surface area contributed by atoms with Gasteiger partial charge in [0, 0.05) is 12.6 Å². The fraction of sp³-hybridized carbons (Fsp3) is 0.429. The van der Waals surface area contributed by atoms with Crippen molar-refractivity contribution in [3.8, 4) is 5.69 Å². The molecule has 1 aromatic carbocycles. The van der Waals surface area contributed by atoms with Crippen molar-refractivity contribution >= 4 is 5.69 Å². The normalized spacial score (nSPS) is 23.2. The summed E-state index contributed by atoms with van der Waals surface area (Å²) >= 11 is 0. The molecule has 0 amide bonds. The molecule has 1 aliphatic rings. The maximum absolute atomic E-state index is 5.58. The van der Waals surface area contributed by atoms with E-state index in [2.05, 4.69) is 28.4 Å². The van der Waals surface area contributed by atoms with Gasteiger partial charge in [0.2, 0.25) is 0 Å². The molecule has 19 heavy (non-hydrogen) atoms. The summed E-state index contributed by atoms with van der Waals surface area (Å²) in [5.41, 5.74) is 2.12. The summed E-state index contributed by atoms with van der Waals surface area (Å²) < 4.78 is 7.36. The molecule has 0 saturated carbocycles. The molecule has 2 aromatic rings. The zero-order chi connectivity index (χ0) is 13.1. The molecule has 2 heterocycles. The maximum atomic E-state index is 5.58. The summed E-state index contributed by atoms with van der Waals surface area (Å²) in [7, 11) is 0. The van der Waals surface area contributed by atoms with Crippen molar-refractivity contribution in [3.63, 3.8) is 0 Å². The minimum atomic E-state index is 0.324. The zero-order valence-corrected chi connectivity index (χ0v) is 11.0. The third-order valence-corrected chi connectivity index (χ3v) is 3.41. The fourth-order valence-corrected chi connectivity index (χ4v) is 2.48. The number of nitrogens with zero attached hydrogens (tertiary/aromatic N) is 3. The molecule has 0 aliphatic carbocycles. The third-order valence-electron chi connectivity index (χ3n) is 3.41. The van der Waals surface area contributed by atoms with Gasteiger partial charge in [-0.1, -0.05) is 12.1 Å². The minimum absolute atomic E-state index is 0.324. The first-order valence-electron chi connectivity index (χ1n) is 6.65. The van der Waals surface area contributed by atoms with Crippen molar-refractivity contribution < 1.29 is 4.74 Å². The van der Waals surface area contributed by atoms with E-state index in [4.69, 9.17) is 4.74 Å². The highest BCUT2D eigenvalue weighted by atomic mass is 16.5. The molecule has 1 N–H and O–H groups in total. The van der Waals surface area contributed by atoms with Crippen LogP contribution in [-0.2, 0) is 4.74 Å². The topological polar surface area (TPSA) is 52.0 Å². The summed E-state index contributed by atoms with van der Waals surface area (Å²) in [5.74, 6) is 0. The quantitative estimate of drug-likeness (QED) is 0.917. The summed E-state index contributed by atoms with van der Waals surface area (Å²) in [4.78, 5) is 4.00. The second-order valence-corrected chi connectivity index (χ2v) is 4.90. The Morgan fingerprint density at radius 2 is 2.26 bits per heavy atom. The largest absolute Gasteiger partial charge is 0.380 e. The van der Waals surface area contributed by atoms with Gasteiger partial charge in [0.15, 0.2) is 0 Å². The number of ether oxygens (including phenoxy) is 1. The van der Waals surface area contributed by atoms with Crippen LogP contribution < -0.4 is 5.32 Å². The van der Waals surface area contributed by atoms with Gasteiger partial charge in [0.25, 0.3) is 0 Å². The van der Waals surface area contributed by atoms with E-state index in [-0.39, 0.29) is 0 Å². The first-order chi connectivity index (χ1) is 9.33. The van der Waals surface area contributed by atoms with Gasteiger partial charge in [-0.15, -0.1) is 0 Å². The van der Waals surface area contributed by atoms with Crippen LogP contribution in [0.5, 0.6) is 0 Å². The Balaban J connectivity index is 1.81. The highest BCUT2D eigenvalue weighted by Gasteiger charge is 2.20. The molecule has 2 atom stereocenters. The number of para-hydroxylation sites is 2. The van der Waals surface area contributed by atoms with E-state index in [0.29, 0.717) is 12.1 Å². The van der Waals surface area contributed by atoms with Crippen molar-refractivity contribution in [2.45, 2.75) is 31.9 Å². The average Bonchev–Trinajstić information content (AvgIpc) is 2.93. The SMILES string of the molecule is CC1CC(Nc2ccccc2-n2cncn2)CCO1. The van der Waals surface area contributed by atoms with Crippen LogP contribution in [0.4, 0.5) is 5.69 Å². The number of nitrogens with one attached hydrogen (secondary N) is 1. The molecule has 5 heteroatoms. The summed E-state index contributed by atoms with van der Waals surface area (Å²) in [6.07, 6.45) is 5.66. The molecule has 1 aromatic heterocycles. The lowest BCUT2D eigenvalue weighted by Gasteiger charge is -2.29. The monoisotopic (exact) mass is 258 g/mol. The second kappa shape index (κ2) is 5.40. The van der Waals surface area contributed by atoms with Crippen LogP contribution in [0.3, 0.4) is 0 Å². The Bertz CT molecular complexity index is 526. The lowest BCUT2D eigenvalue weighted by molar-refractivity contribution is 0.0232. The lowest BCUT2D eigenvalue weighted by Crippen LogP contribution is -2.32. The number of rotatable bonds is 3. The Kier molecular flexibility index (Phi) is 3.46. The van der Waals surface area contributed by atoms with Gasteiger partial charge in [-0.2, -0.15) is 5.10 Å². The van der Waals surface area contributed by atoms with Crippen LogP contribution in [0.1, 0.15) is 19.8 Å². The zero-order valence-electron chi connectivity index (χ0n) is 11.0. The molecule has 1 saturated heterocycles. The molecule has 3 rings (SSSR count). The van der Waals surface area contributed by atoms with Crippen LogP contribution >= 0.6 is 0 Å². The van der Waals surface area contributed by atoms with Gasteiger partial charge in [-0.3, -0.25) is 0 Å². The van der Waals surface area contributed by atoms with Crippen LogP contribution in [0, 0.1) is 0 Å².